The summed E-state index contributed by atoms with van der Waals surface area (Å²) in [4.78, 5) is 4.25. The van der Waals surface area contributed by atoms with Crippen LogP contribution < -0.4 is 10.6 Å². The summed E-state index contributed by atoms with van der Waals surface area (Å²) in [5, 5.41) is 10.9. The highest BCUT2D eigenvalue weighted by Gasteiger charge is 2.13. The lowest BCUT2D eigenvalue weighted by Crippen LogP contribution is -2.38. The molecule has 0 saturated carbocycles. The highest BCUT2D eigenvalue weighted by atomic mass is 16.5. The zero-order valence-corrected chi connectivity index (χ0v) is 15.7. The highest BCUT2D eigenvalue weighted by Crippen LogP contribution is 2.14. The molecule has 1 aliphatic rings. The van der Waals surface area contributed by atoms with E-state index in [-0.39, 0.29) is 0 Å². The van der Waals surface area contributed by atoms with Crippen LogP contribution in [0.4, 0.5) is 0 Å². The fourth-order valence-electron chi connectivity index (χ4n) is 2.80. The number of aromatic nitrogens is 2. The number of rotatable bonds is 10. The lowest BCUT2D eigenvalue weighted by molar-refractivity contribution is 0.0203. The standard InChI is InChI=1S/C18H33N5O2/c1-16-13-22-23(14-16)9-3-7-20-18(19-2)21-8-4-10-25-15-17-5-11-24-12-6-17/h13-14,17H,3-12,15H2,1-2H3,(H2,19,20,21). The maximum atomic E-state index is 5.77. The van der Waals surface area contributed by atoms with Gasteiger partial charge < -0.3 is 20.1 Å². The molecule has 7 nitrogen and oxygen atoms in total. The number of aliphatic imine (C=N–C) groups is 1. The molecule has 7 heteroatoms. The van der Waals surface area contributed by atoms with Crippen molar-refractivity contribution in [3.8, 4) is 0 Å². The average Bonchev–Trinajstić information content (AvgIpc) is 3.05. The molecule has 1 fully saturated rings. The first-order chi connectivity index (χ1) is 12.3. The van der Waals surface area contributed by atoms with Gasteiger partial charge in [-0.15, -0.1) is 0 Å². The average molecular weight is 351 g/mol. The molecule has 0 radical (unpaired) electrons. The summed E-state index contributed by atoms with van der Waals surface area (Å²) in [5.41, 5.74) is 1.20. The maximum Gasteiger partial charge on any atom is 0.190 e. The van der Waals surface area contributed by atoms with E-state index in [1.807, 2.05) is 10.9 Å². The van der Waals surface area contributed by atoms with E-state index in [0.29, 0.717) is 5.92 Å². The van der Waals surface area contributed by atoms with E-state index in [4.69, 9.17) is 9.47 Å². The Hall–Kier alpha value is -1.60. The molecule has 1 aromatic rings. The lowest BCUT2D eigenvalue weighted by atomic mass is 10.0. The van der Waals surface area contributed by atoms with Crippen molar-refractivity contribution in [2.45, 2.75) is 39.2 Å². The van der Waals surface area contributed by atoms with Crippen LogP contribution in [0.3, 0.4) is 0 Å². The zero-order valence-electron chi connectivity index (χ0n) is 15.7. The van der Waals surface area contributed by atoms with Crippen molar-refractivity contribution in [3.05, 3.63) is 18.0 Å². The van der Waals surface area contributed by atoms with Crippen LogP contribution in [0.15, 0.2) is 17.4 Å². The van der Waals surface area contributed by atoms with Gasteiger partial charge in [-0.1, -0.05) is 0 Å². The van der Waals surface area contributed by atoms with Crippen LogP contribution in [-0.4, -0.2) is 62.3 Å². The number of hydrogen-bond donors (Lipinski definition) is 2. The molecule has 1 aliphatic heterocycles. The molecule has 0 unspecified atom stereocenters. The van der Waals surface area contributed by atoms with Crippen LogP contribution in [-0.2, 0) is 16.0 Å². The summed E-state index contributed by atoms with van der Waals surface area (Å²) in [7, 11) is 1.80. The summed E-state index contributed by atoms with van der Waals surface area (Å²) < 4.78 is 13.1. The van der Waals surface area contributed by atoms with Crippen molar-refractivity contribution in [1.29, 1.82) is 0 Å². The predicted molar refractivity (Wildman–Crippen MR) is 99.9 cm³/mol. The van der Waals surface area contributed by atoms with E-state index < -0.39 is 0 Å². The minimum atomic E-state index is 0.676. The fourth-order valence-corrected chi connectivity index (χ4v) is 2.80. The van der Waals surface area contributed by atoms with Gasteiger partial charge in [-0.2, -0.15) is 5.10 Å². The Morgan fingerprint density at radius 1 is 1.32 bits per heavy atom. The van der Waals surface area contributed by atoms with Crippen molar-refractivity contribution in [2.75, 3.05) is 46.6 Å². The van der Waals surface area contributed by atoms with Crippen molar-refractivity contribution < 1.29 is 9.47 Å². The molecule has 0 aromatic carbocycles. The van der Waals surface area contributed by atoms with Gasteiger partial charge in [0, 0.05) is 59.3 Å². The molecule has 2 heterocycles. The number of nitrogens with one attached hydrogen (secondary N) is 2. The van der Waals surface area contributed by atoms with Gasteiger partial charge in [0.15, 0.2) is 5.96 Å². The van der Waals surface area contributed by atoms with E-state index in [2.05, 4.69) is 33.8 Å². The van der Waals surface area contributed by atoms with Crippen molar-refractivity contribution in [1.82, 2.24) is 20.4 Å². The van der Waals surface area contributed by atoms with Gasteiger partial charge in [0.1, 0.15) is 0 Å². The molecular formula is C18H33N5O2. The van der Waals surface area contributed by atoms with E-state index >= 15 is 0 Å². The Labute approximate surface area is 151 Å². The molecule has 1 aromatic heterocycles. The first-order valence-electron chi connectivity index (χ1n) is 9.37. The number of ether oxygens (including phenoxy) is 2. The Balaban J connectivity index is 1.44. The predicted octanol–water partition coefficient (Wildman–Crippen LogP) is 1.58. The Morgan fingerprint density at radius 3 is 2.76 bits per heavy atom. The molecular weight excluding hydrogens is 318 g/mol. The van der Waals surface area contributed by atoms with E-state index in [0.717, 1.165) is 77.7 Å². The first-order valence-corrected chi connectivity index (χ1v) is 9.37. The number of guanidine groups is 1. The van der Waals surface area contributed by atoms with Crippen LogP contribution in [0.2, 0.25) is 0 Å². The second kappa shape index (κ2) is 11.9. The van der Waals surface area contributed by atoms with Gasteiger partial charge in [-0.05, 0) is 44.1 Å². The van der Waals surface area contributed by atoms with Gasteiger partial charge in [0.25, 0.3) is 0 Å². The second-order valence-electron chi connectivity index (χ2n) is 6.54. The molecule has 2 N–H and O–H groups in total. The fraction of sp³-hybridized carbons (Fsp3) is 0.778. The van der Waals surface area contributed by atoms with E-state index in [9.17, 15) is 0 Å². The van der Waals surface area contributed by atoms with Gasteiger partial charge in [0.05, 0.1) is 6.20 Å². The number of aryl methyl sites for hydroxylation is 2. The molecule has 0 aliphatic carbocycles. The van der Waals surface area contributed by atoms with Gasteiger partial charge in [-0.25, -0.2) is 0 Å². The normalized spacial score (nSPS) is 16.2. The molecule has 142 valence electrons. The second-order valence-corrected chi connectivity index (χ2v) is 6.54. The van der Waals surface area contributed by atoms with Crippen LogP contribution in [0.1, 0.15) is 31.2 Å². The molecule has 2 rings (SSSR count). The van der Waals surface area contributed by atoms with E-state index in [1.165, 1.54) is 5.56 Å². The topological polar surface area (TPSA) is 72.7 Å². The SMILES string of the molecule is CN=C(NCCCOCC1CCOCC1)NCCCn1cc(C)cn1. The number of nitrogens with zero attached hydrogens (tertiary/aromatic N) is 3. The molecule has 25 heavy (non-hydrogen) atoms. The smallest absolute Gasteiger partial charge is 0.190 e. The van der Waals surface area contributed by atoms with Crippen molar-refractivity contribution in [2.24, 2.45) is 10.9 Å². The van der Waals surface area contributed by atoms with Crippen LogP contribution >= 0.6 is 0 Å². The minimum absolute atomic E-state index is 0.676. The monoisotopic (exact) mass is 351 g/mol. The first kappa shape index (κ1) is 19.7. The van der Waals surface area contributed by atoms with Crippen molar-refractivity contribution >= 4 is 5.96 Å². The third kappa shape index (κ3) is 8.36. The Morgan fingerprint density at radius 2 is 2.08 bits per heavy atom. The van der Waals surface area contributed by atoms with Crippen molar-refractivity contribution in [3.63, 3.8) is 0 Å². The van der Waals surface area contributed by atoms with E-state index in [1.54, 1.807) is 7.05 Å². The summed E-state index contributed by atoms with van der Waals surface area (Å²) in [6.07, 6.45) is 8.21. The maximum absolute atomic E-state index is 5.77. The zero-order chi connectivity index (χ0) is 17.7. The third-order valence-corrected chi connectivity index (χ3v) is 4.29. The molecule has 0 bridgehead atoms. The molecule has 0 spiro atoms. The Bertz CT molecular complexity index is 497. The molecule has 0 amide bonds. The summed E-state index contributed by atoms with van der Waals surface area (Å²) in [5.74, 6) is 1.52. The molecule has 1 saturated heterocycles. The van der Waals surface area contributed by atoms with Crippen LogP contribution in [0.25, 0.3) is 0 Å². The summed E-state index contributed by atoms with van der Waals surface area (Å²) in [6, 6.07) is 0. The largest absolute Gasteiger partial charge is 0.381 e. The summed E-state index contributed by atoms with van der Waals surface area (Å²) in [6.45, 7) is 8.14. The minimum Gasteiger partial charge on any atom is -0.381 e. The van der Waals surface area contributed by atoms with Gasteiger partial charge >= 0.3 is 0 Å². The molecule has 0 atom stereocenters. The highest BCUT2D eigenvalue weighted by molar-refractivity contribution is 5.79. The summed E-state index contributed by atoms with van der Waals surface area (Å²) >= 11 is 0. The third-order valence-electron chi connectivity index (χ3n) is 4.29. The quantitative estimate of drug-likeness (QED) is 0.380. The van der Waals surface area contributed by atoms with Gasteiger partial charge in [-0.3, -0.25) is 9.67 Å². The van der Waals surface area contributed by atoms with Crippen LogP contribution in [0.5, 0.6) is 0 Å². The van der Waals surface area contributed by atoms with Gasteiger partial charge in [0.2, 0.25) is 0 Å². The number of hydrogen-bond acceptors (Lipinski definition) is 4. The Kier molecular flexibility index (Phi) is 9.36. The lowest BCUT2D eigenvalue weighted by Gasteiger charge is -2.21. The van der Waals surface area contributed by atoms with Crippen LogP contribution in [0, 0.1) is 12.8 Å².